The topological polar surface area (TPSA) is 72.5 Å². The Bertz CT molecular complexity index is 961. The highest BCUT2D eigenvalue weighted by atomic mass is 35.5. The molecule has 7 heteroatoms. The van der Waals surface area contributed by atoms with Gasteiger partial charge in [0.05, 0.1) is 19.9 Å². The molecule has 0 atom stereocenters. The van der Waals surface area contributed by atoms with Gasteiger partial charge in [0.25, 0.3) is 5.91 Å². The third kappa shape index (κ3) is 4.92. The van der Waals surface area contributed by atoms with Crippen LogP contribution in [0.5, 0.6) is 11.5 Å². The average molecular weight is 398 g/mol. The van der Waals surface area contributed by atoms with E-state index in [0.29, 0.717) is 34.4 Å². The Balaban J connectivity index is 1.69. The highest BCUT2D eigenvalue weighted by molar-refractivity contribution is 6.30. The van der Waals surface area contributed by atoms with E-state index < -0.39 is 0 Å². The third-order valence-electron chi connectivity index (χ3n) is 4.06. The largest absolute Gasteiger partial charge is 0.497 e. The summed E-state index contributed by atoms with van der Waals surface area (Å²) in [5, 5.41) is 6.78. The summed E-state index contributed by atoms with van der Waals surface area (Å²) in [6.45, 7) is 0.606. The maximum absolute atomic E-state index is 12.6. The maximum atomic E-state index is 12.6. The molecule has 3 rings (SSSR count). The second kappa shape index (κ2) is 9.10. The van der Waals surface area contributed by atoms with Crippen LogP contribution >= 0.6 is 11.6 Å². The minimum absolute atomic E-state index is 0.291. The second-order valence-corrected chi connectivity index (χ2v) is 6.37. The number of rotatable bonds is 7. The number of nitrogens with one attached hydrogen (secondary N) is 2. The number of hydrogen-bond donors (Lipinski definition) is 2. The quantitative estimate of drug-likeness (QED) is 0.608. The van der Waals surface area contributed by atoms with Gasteiger partial charge in [-0.1, -0.05) is 23.7 Å². The maximum Gasteiger partial charge on any atom is 0.274 e. The van der Waals surface area contributed by atoms with Crippen molar-refractivity contribution in [3.63, 3.8) is 0 Å². The second-order valence-electron chi connectivity index (χ2n) is 5.93. The molecule has 0 saturated carbocycles. The van der Waals surface area contributed by atoms with E-state index in [2.05, 4.69) is 15.6 Å². The SMILES string of the molecule is COc1ccc(NC(=O)c2cc(NCc3ccc(Cl)cc3)ccn2)c(OC)c1. The number of carbonyl (C=O) groups is 1. The lowest BCUT2D eigenvalue weighted by Crippen LogP contribution is -2.14. The van der Waals surface area contributed by atoms with E-state index in [9.17, 15) is 4.79 Å². The number of ether oxygens (including phenoxy) is 2. The molecule has 0 aliphatic rings. The first-order chi connectivity index (χ1) is 13.6. The van der Waals surface area contributed by atoms with Crippen molar-refractivity contribution >= 4 is 28.9 Å². The number of carbonyl (C=O) groups excluding carboxylic acids is 1. The molecule has 0 bridgehead atoms. The molecule has 0 unspecified atom stereocenters. The molecule has 2 N–H and O–H groups in total. The molecular formula is C21H20ClN3O3. The summed E-state index contributed by atoms with van der Waals surface area (Å²) in [6, 6.07) is 16.2. The molecule has 1 heterocycles. The van der Waals surface area contributed by atoms with Gasteiger partial charge in [0.2, 0.25) is 0 Å². The first-order valence-corrected chi connectivity index (χ1v) is 8.94. The van der Waals surface area contributed by atoms with E-state index in [1.54, 1.807) is 43.6 Å². The molecule has 2 aromatic carbocycles. The molecule has 0 fully saturated rings. The van der Waals surface area contributed by atoms with Gasteiger partial charge in [-0.2, -0.15) is 0 Å². The van der Waals surface area contributed by atoms with Crippen LogP contribution in [0.15, 0.2) is 60.8 Å². The molecule has 144 valence electrons. The van der Waals surface area contributed by atoms with Crippen LogP contribution in [0.4, 0.5) is 11.4 Å². The Morgan fingerprint density at radius 2 is 1.82 bits per heavy atom. The Labute approximate surface area is 168 Å². The Morgan fingerprint density at radius 3 is 2.54 bits per heavy atom. The predicted octanol–water partition coefficient (Wildman–Crippen LogP) is 4.62. The van der Waals surface area contributed by atoms with Crippen molar-refractivity contribution in [3.05, 3.63) is 77.1 Å². The van der Waals surface area contributed by atoms with Crippen LogP contribution in [0.25, 0.3) is 0 Å². The number of benzene rings is 2. The summed E-state index contributed by atoms with van der Waals surface area (Å²) in [5.74, 6) is 0.810. The Kier molecular flexibility index (Phi) is 6.34. The number of anilines is 2. The molecule has 28 heavy (non-hydrogen) atoms. The van der Waals surface area contributed by atoms with Gasteiger partial charge in [0.1, 0.15) is 17.2 Å². The van der Waals surface area contributed by atoms with Crippen molar-refractivity contribution in [2.75, 3.05) is 24.9 Å². The van der Waals surface area contributed by atoms with Gasteiger partial charge in [-0.3, -0.25) is 9.78 Å². The summed E-state index contributed by atoms with van der Waals surface area (Å²) < 4.78 is 10.5. The van der Waals surface area contributed by atoms with E-state index >= 15 is 0 Å². The van der Waals surface area contributed by atoms with Gasteiger partial charge in [-0.25, -0.2) is 0 Å². The van der Waals surface area contributed by atoms with Crippen molar-refractivity contribution in [1.29, 1.82) is 0 Å². The van der Waals surface area contributed by atoms with Crippen LogP contribution in [0.3, 0.4) is 0 Å². The van der Waals surface area contributed by atoms with Gasteiger partial charge in [-0.15, -0.1) is 0 Å². The van der Waals surface area contributed by atoms with E-state index in [0.717, 1.165) is 11.3 Å². The van der Waals surface area contributed by atoms with Gasteiger partial charge < -0.3 is 20.1 Å². The number of nitrogens with zero attached hydrogens (tertiary/aromatic N) is 1. The van der Waals surface area contributed by atoms with E-state index in [1.807, 2.05) is 24.3 Å². The fraction of sp³-hybridized carbons (Fsp3) is 0.143. The summed E-state index contributed by atoms with van der Waals surface area (Å²) in [4.78, 5) is 16.8. The molecule has 3 aromatic rings. The number of halogens is 1. The van der Waals surface area contributed by atoms with E-state index in [-0.39, 0.29) is 5.91 Å². The van der Waals surface area contributed by atoms with Gasteiger partial charge in [-0.05, 0) is 42.0 Å². The molecule has 0 aliphatic heterocycles. The van der Waals surface area contributed by atoms with Gasteiger partial charge in [0.15, 0.2) is 0 Å². The first kappa shape index (κ1) is 19.5. The number of hydrogen-bond acceptors (Lipinski definition) is 5. The standard InChI is InChI=1S/C21H20ClN3O3/c1-27-17-7-8-18(20(12-17)28-2)25-21(26)19-11-16(9-10-23-19)24-13-14-3-5-15(22)6-4-14/h3-12H,13H2,1-2H3,(H,23,24)(H,25,26). The van der Waals surface area contributed by atoms with Crippen molar-refractivity contribution < 1.29 is 14.3 Å². The number of pyridine rings is 1. The number of amides is 1. The minimum Gasteiger partial charge on any atom is -0.497 e. The molecular weight excluding hydrogens is 378 g/mol. The molecule has 1 aromatic heterocycles. The van der Waals surface area contributed by atoms with Crippen LogP contribution < -0.4 is 20.1 Å². The summed E-state index contributed by atoms with van der Waals surface area (Å²) in [5.41, 5.74) is 2.69. The van der Waals surface area contributed by atoms with E-state index in [1.165, 1.54) is 7.11 Å². The fourth-order valence-corrected chi connectivity index (χ4v) is 2.69. The summed E-state index contributed by atoms with van der Waals surface area (Å²) >= 11 is 5.90. The van der Waals surface area contributed by atoms with Crippen molar-refractivity contribution in [3.8, 4) is 11.5 Å². The molecule has 6 nitrogen and oxygen atoms in total. The zero-order chi connectivity index (χ0) is 19.9. The number of methoxy groups -OCH3 is 2. The average Bonchev–Trinajstić information content (AvgIpc) is 2.73. The Morgan fingerprint density at radius 1 is 1.04 bits per heavy atom. The minimum atomic E-state index is -0.335. The summed E-state index contributed by atoms with van der Waals surface area (Å²) in [6.07, 6.45) is 1.59. The third-order valence-corrected chi connectivity index (χ3v) is 4.31. The first-order valence-electron chi connectivity index (χ1n) is 8.57. The lowest BCUT2D eigenvalue weighted by atomic mass is 10.2. The zero-order valence-electron chi connectivity index (χ0n) is 15.5. The van der Waals surface area contributed by atoms with Gasteiger partial charge >= 0.3 is 0 Å². The molecule has 1 amide bonds. The lowest BCUT2D eigenvalue weighted by Gasteiger charge is -2.12. The molecule has 0 saturated heterocycles. The van der Waals surface area contributed by atoms with Gasteiger partial charge in [0, 0.05) is 29.5 Å². The summed E-state index contributed by atoms with van der Waals surface area (Å²) in [7, 11) is 3.10. The highest BCUT2D eigenvalue weighted by Crippen LogP contribution is 2.29. The molecule has 0 aliphatic carbocycles. The normalized spacial score (nSPS) is 10.2. The van der Waals surface area contributed by atoms with Crippen LogP contribution in [0, 0.1) is 0 Å². The van der Waals surface area contributed by atoms with Crippen LogP contribution in [-0.2, 0) is 6.54 Å². The fourth-order valence-electron chi connectivity index (χ4n) is 2.56. The van der Waals surface area contributed by atoms with Crippen LogP contribution in [-0.4, -0.2) is 25.1 Å². The number of aromatic nitrogens is 1. The van der Waals surface area contributed by atoms with Crippen molar-refractivity contribution in [2.24, 2.45) is 0 Å². The smallest absolute Gasteiger partial charge is 0.274 e. The zero-order valence-corrected chi connectivity index (χ0v) is 16.3. The molecule has 0 radical (unpaired) electrons. The lowest BCUT2D eigenvalue weighted by molar-refractivity contribution is 0.102. The van der Waals surface area contributed by atoms with Crippen LogP contribution in [0.2, 0.25) is 5.02 Å². The van der Waals surface area contributed by atoms with E-state index in [4.69, 9.17) is 21.1 Å². The predicted molar refractivity (Wildman–Crippen MR) is 111 cm³/mol. The highest BCUT2D eigenvalue weighted by Gasteiger charge is 2.12. The van der Waals surface area contributed by atoms with Crippen molar-refractivity contribution in [2.45, 2.75) is 6.54 Å². The van der Waals surface area contributed by atoms with Crippen molar-refractivity contribution in [1.82, 2.24) is 4.98 Å². The van der Waals surface area contributed by atoms with Crippen LogP contribution in [0.1, 0.15) is 16.1 Å². The Hall–Kier alpha value is -3.25. The monoisotopic (exact) mass is 397 g/mol. The molecule has 0 spiro atoms.